The zero-order valence-electron chi connectivity index (χ0n) is 6.37. The first-order valence-electron chi connectivity index (χ1n) is 3.29. The van der Waals surface area contributed by atoms with Gasteiger partial charge in [0.1, 0.15) is 17.1 Å². The Bertz CT molecular complexity index is 342. The van der Waals surface area contributed by atoms with E-state index in [1.807, 2.05) is 0 Å². The number of nitrogen functional groups attached to an aromatic ring is 1. The lowest BCUT2D eigenvalue weighted by atomic mass is 10.2. The molecule has 1 aromatic heterocycles. The van der Waals surface area contributed by atoms with Gasteiger partial charge in [0, 0.05) is 6.07 Å². The zero-order chi connectivity index (χ0) is 10.0. The Morgan fingerprint density at radius 1 is 1.62 bits per heavy atom. The van der Waals surface area contributed by atoms with Gasteiger partial charge in [0.15, 0.2) is 6.29 Å². The van der Waals surface area contributed by atoms with E-state index >= 15 is 0 Å². The number of nitrogens with two attached hydrogens (primary N) is 1. The molecule has 0 aliphatic rings. The molecular weight excluding hydrogens is 182 g/mol. The average Bonchev–Trinajstić information content (AvgIpc) is 2.03. The molecule has 1 heterocycles. The first-order valence-corrected chi connectivity index (χ1v) is 3.29. The number of carbonyl (C=O) groups is 1. The highest BCUT2D eigenvalue weighted by Gasteiger charge is 2.16. The lowest BCUT2D eigenvalue weighted by Crippen LogP contribution is -2.01. The van der Waals surface area contributed by atoms with Gasteiger partial charge in [-0.2, -0.15) is 0 Å². The number of alkyl halides is 2. The molecule has 0 fully saturated rings. The summed E-state index contributed by atoms with van der Waals surface area (Å²) in [7, 11) is 0. The average molecular weight is 188 g/mol. The van der Waals surface area contributed by atoms with E-state index in [0.717, 1.165) is 6.07 Å². The smallest absolute Gasteiger partial charge is 0.284 e. The lowest BCUT2D eigenvalue weighted by Gasteiger charge is -2.04. The third kappa shape index (κ3) is 1.71. The second kappa shape index (κ2) is 3.34. The number of carbonyl (C=O) groups excluding carboxylic acids is 1. The van der Waals surface area contributed by atoms with E-state index in [9.17, 15) is 13.6 Å². The standard InChI is InChI=1S/C7H6F2N2O2/c8-7(9)6-5(13)1-3(10)4(2-12)11-6/h1-2,7,13H,10H2. The molecule has 4 nitrogen and oxygen atoms in total. The van der Waals surface area contributed by atoms with Gasteiger partial charge in [-0.1, -0.05) is 0 Å². The Kier molecular flexibility index (Phi) is 2.41. The van der Waals surface area contributed by atoms with Crippen molar-refractivity contribution in [2.45, 2.75) is 6.43 Å². The highest BCUT2D eigenvalue weighted by atomic mass is 19.3. The van der Waals surface area contributed by atoms with Crippen molar-refractivity contribution in [3.8, 4) is 5.75 Å². The van der Waals surface area contributed by atoms with E-state index < -0.39 is 17.9 Å². The van der Waals surface area contributed by atoms with Crippen molar-refractivity contribution in [3.05, 3.63) is 17.5 Å². The van der Waals surface area contributed by atoms with Crippen LogP contribution in [0.1, 0.15) is 22.6 Å². The molecule has 6 heteroatoms. The summed E-state index contributed by atoms with van der Waals surface area (Å²) < 4.78 is 24.2. The minimum atomic E-state index is -2.93. The Morgan fingerprint density at radius 3 is 2.69 bits per heavy atom. The molecule has 0 unspecified atom stereocenters. The number of anilines is 1. The predicted molar refractivity (Wildman–Crippen MR) is 40.7 cm³/mol. The third-order valence-electron chi connectivity index (χ3n) is 1.41. The van der Waals surface area contributed by atoms with E-state index in [-0.39, 0.29) is 17.7 Å². The predicted octanol–water partition coefficient (Wildman–Crippen LogP) is 1.12. The summed E-state index contributed by atoms with van der Waals surface area (Å²) in [6.07, 6.45) is -2.68. The van der Waals surface area contributed by atoms with Crippen LogP contribution in [0.25, 0.3) is 0 Å². The molecule has 0 spiro atoms. The quantitative estimate of drug-likeness (QED) is 0.682. The van der Waals surface area contributed by atoms with Crippen molar-refractivity contribution >= 4 is 12.0 Å². The highest BCUT2D eigenvalue weighted by molar-refractivity contribution is 5.81. The van der Waals surface area contributed by atoms with Crippen LogP contribution in [0, 0.1) is 0 Å². The first kappa shape index (κ1) is 9.37. The van der Waals surface area contributed by atoms with Crippen molar-refractivity contribution in [1.29, 1.82) is 0 Å². The monoisotopic (exact) mass is 188 g/mol. The number of halogens is 2. The van der Waals surface area contributed by atoms with Gasteiger partial charge in [0.25, 0.3) is 6.43 Å². The number of aldehydes is 1. The Labute approximate surface area is 72.0 Å². The number of nitrogens with zero attached hydrogens (tertiary/aromatic N) is 1. The fourth-order valence-corrected chi connectivity index (χ4v) is 0.802. The summed E-state index contributed by atoms with van der Waals surface area (Å²) in [5, 5.41) is 8.94. The topological polar surface area (TPSA) is 76.2 Å². The van der Waals surface area contributed by atoms with Crippen LogP contribution in [0.15, 0.2) is 6.07 Å². The molecule has 13 heavy (non-hydrogen) atoms. The number of hydrogen-bond donors (Lipinski definition) is 2. The fraction of sp³-hybridized carbons (Fsp3) is 0.143. The van der Waals surface area contributed by atoms with Crippen LogP contribution >= 0.6 is 0 Å². The molecule has 0 saturated heterocycles. The second-order valence-electron chi connectivity index (χ2n) is 2.29. The molecule has 0 amide bonds. The van der Waals surface area contributed by atoms with Crippen LogP contribution in [0.3, 0.4) is 0 Å². The lowest BCUT2D eigenvalue weighted by molar-refractivity contribution is 0.111. The van der Waals surface area contributed by atoms with Crippen molar-refractivity contribution in [2.75, 3.05) is 5.73 Å². The Morgan fingerprint density at radius 2 is 2.23 bits per heavy atom. The first-order chi connectivity index (χ1) is 6.06. The summed E-state index contributed by atoms with van der Waals surface area (Å²) >= 11 is 0. The van der Waals surface area contributed by atoms with Gasteiger partial charge in [-0.05, 0) is 0 Å². The summed E-state index contributed by atoms with van der Waals surface area (Å²) in [6.45, 7) is 0. The Hall–Kier alpha value is -1.72. The molecule has 0 atom stereocenters. The van der Waals surface area contributed by atoms with Gasteiger partial charge in [-0.15, -0.1) is 0 Å². The molecule has 0 bridgehead atoms. The van der Waals surface area contributed by atoms with Crippen molar-refractivity contribution in [1.82, 2.24) is 4.98 Å². The maximum atomic E-state index is 12.1. The van der Waals surface area contributed by atoms with Gasteiger partial charge < -0.3 is 10.8 Å². The van der Waals surface area contributed by atoms with Crippen LogP contribution in [0.5, 0.6) is 5.75 Å². The SMILES string of the molecule is Nc1cc(O)c(C(F)F)nc1C=O. The Balaban J connectivity index is 3.30. The molecule has 3 N–H and O–H groups in total. The molecule has 0 aromatic carbocycles. The van der Waals surface area contributed by atoms with Crippen LogP contribution < -0.4 is 5.73 Å². The van der Waals surface area contributed by atoms with Gasteiger partial charge in [-0.3, -0.25) is 4.79 Å². The van der Waals surface area contributed by atoms with E-state index in [4.69, 9.17) is 10.8 Å². The van der Waals surface area contributed by atoms with Gasteiger partial charge >= 0.3 is 0 Å². The number of aromatic nitrogens is 1. The van der Waals surface area contributed by atoms with E-state index in [1.54, 1.807) is 0 Å². The normalized spacial score (nSPS) is 10.4. The van der Waals surface area contributed by atoms with E-state index in [1.165, 1.54) is 0 Å². The van der Waals surface area contributed by atoms with E-state index in [0.29, 0.717) is 0 Å². The number of hydrogen-bond acceptors (Lipinski definition) is 4. The second-order valence-corrected chi connectivity index (χ2v) is 2.29. The van der Waals surface area contributed by atoms with Gasteiger partial charge in [0.2, 0.25) is 0 Å². The molecule has 70 valence electrons. The number of aromatic hydroxyl groups is 1. The van der Waals surface area contributed by atoms with E-state index in [2.05, 4.69) is 4.98 Å². The number of rotatable bonds is 2. The highest BCUT2D eigenvalue weighted by Crippen LogP contribution is 2.28. The minimum absolute atomic E-state index is 0.128. The van der Waals surface area contributed by atoms with Crippen LogP contribution in [0.2, 0.25) is 0 Å². The van der Waals surface area contributed by atoms with Gasteiger partial charge in [-0.25, -0.2) is 13.8 Å². The molecule has 0 saturated carbocycles. The van der Waals surface area contributed by atoms with Crippen LogP contribution in [-0.2, 0) is 0 Å². The zero-order valence-corrected chi connectivity index (χ0v) is 6.37. The van der Waals surface area contributed by atoms with Crippen molar-refractivity contribution in [2.24, 2.45) is 0 Å². The van der Waals surface area contributed by atoms with Crippen molar-refractivity contribution in [3.63, 3.8) is 0 Å². The molecular formula is C7H6F2N2O2. The summed E-state index contributed by atoms with van der Waals surface area (Å²) in [5.74, 6) is -0.710. The van der Waals surface area contributed by atoms with Crippen molar-refractivity contribution < 1.29 is 18.7 Å². The summed E-state index contributed by atoms with van der Waals surface area (Å²) in [5.41, 5.74) is 3.94. The number of pyridine rings is 1. The maximum Gasteiger partial charge on any atom is 0.284 e. The molecule has 0 aliphatic heterocycles. The molecule has 1 rings (SSSR count). The largest absolute Gasteiger partial charge is 0.506 e. The summed E-state index contributed by atoms with van der Waals surface area (Å²) in [6, 6.07) is 0.873. The van der Waals surface area contributed by atoms with Gasteiger partial charge in [0.05, 0.1) is 5.69 Å². The fourth-order valence-electron chi connectivity index (χ4n) is 0.802. The van der Waals surface area contributed by atoms with Crippen LogP contribution in [-0.4, -0.2) is 16.4 Å². The maximum absolute atomic E-state index is 12.1. The van der Waals surface area contributed by atoms with Crippen LogP contribution in [0.4, 0.5) is 14.5 Å². The molecule has 0 aliphatic carbocycles. The summed E-state index contributed by atoms with van der Waals surface area (Å²) in [4.78, 5) is 13.4. The molecule has 1 aromatic rings. The third-order valence-corrected chi connectivity index (χ3v) is 1.41. The minimum Gasteiger partial charge on any atom is -0.506 e. The molecule has 0 radical (unpaired) electrons.